The van der Waals surface area contributed by atoms with Crippen molar-refractivity contribution in [2.45, 2.75) is 58.7 Å². The number of carbonyl (C=O) groups is 2. The van der Waals surface area contributed by atoms with Crippen LogP contribution in [0.3, 0.4) is 0 Å². The first-order chi connectivity index (χ1) is 8.51. The predicted molar refractivity (Wildman–Crippen MR) is 69.1 cm³/mol. The Balaban J connectivity index is 2.50. The molecule has 1 aliphatic heterocycles. The van der Waals surface area contributed by atoms with Crippen molar-refractivity contribution >= 4 is 11.8 Å². The molecule has 0 saturated carbocycles. The first-order valence-corrected chi connectivity index (χ1v) is 6.72. The van der Waals surface area contributed by atoms with E-state index in [0.29, 0.717) is 13.2 Å². The summed E-state index contributed by atoms with van der Waals surface area (Å²) in [6.45, 7) is 9.00. The van der Waals surface area contributed by atoms with Crippen molar-refractivity contribution in [2.75, 3.05) is 13.2 Å². The molecule has 0 aliphatic carbocycles. The second kappa shape index (κ2) is 6.85. The normalized spacial score (nSPS) is 23.6. The molecule has 1 fully saturated rings. The van der Waals surface area contributed by atoms with Crippen LogP contribution in [0.25, 0.3) is 0 Å². The Labute approximate surface area is 109 Å². The quantitative estimate of drug-likeness (QED) is 0.688. The van der Waals surface area contributed by atoms with Gasteiger partial charge in [-0.05, 0) is 27.2 Å². The summed E-state index contributed by atoms with van der Waals surface area (Å²) in [5.41, 5.74) is 0. The molecule has 5 nitrogen and oxygen atoms in total. The highest BCUT2D eigenvalue weighted by molar-refractivity contribution is 6.05. The van der Waals surface area contributed by atoms with Crippen molar-refractivity contribution in [1.82, 2.24) is 10.2 Å². The number of carbonyl (C=O) groups excluding carboxylic acids is 2. The fraction of sp³-hybridized carbons (Fsp3) is 0.846. The van der Waals surface area contributed by atoms with E-state index >= 15 is 0 Å². The first-order valence-electron chi connectivity index (χ1n) is 6.72. The summed E-state index contributed by atoms with van der Waals surface area (Å²) in [5, 5.41) is 3.12. The van der Waals surface area contributed by atoms with Crippen LogP contribution in [0.2, 0.25) is 0 Å². The third kappa shape index (κ3) is 3.53. The maximum Gasteiger partial charge on any atom is 0.247 e. The number of hydrogen-bond donors (Lipinski definition) is 1. The average molecular weight is 256 g/mol. The minimum Gasteiger partial charge on any atom is -0.377 e. The molecule has 3 atom stereocenters. The van der Waals surface area contributed by atoms with Gasteiger partial charge in [0.1, 0.15) is 0 Å². The molecule has 104 valence electrons. The Bertz CT molecular complexity index is 307. The minimum absolute atomic E-state index is 0.0129. The summed E-state index contributed by atoms with van der Waals surface area (Å²) in [6, 6.07) is -0.393. The summed E-state index contributed by atoms with van der Waals surface area (Å²) in [5.74, 6) is -0.172. The van der Waals surface area contributed by atoms with Crippen LogP contribution in [0.5, 0.6) is 0 Å². The third-order valence-corrected chi connectivity index (χ3v) is 3.32. The van der Waals surface area contributed by atoms with Gasteiger partial charge in [-0.25, -0.2) is 0 Å². The van der Waals surface area contributed by atoms with Gasteiger partial charge in [-0.3, -0.25) is 14.5 Å². The minimum atomic E-state index is -0.380. The van der Waals surface area contributed by atoms with Crippen LogP contribution in [0, 0.1) is 0 Å². The predicted octanol–water partition coefficient (Wildman–Crippen LogP) is 0.927. The number of nitrogens with zero attached hydrogens (tertiary/aromatic N) is 1. The zero-order valence-corrected chi connectivity index (χ0v) is 11.7. The molecule has 0 aromatic rings. The van der Waals surface area contributed by atoms with Gasteiger partial charge in [0.25, 0.3) is 0 Å². The van der Waals surface area contributed by atoms with Gasteiger partial charge in [0, 0.05) is 19.2 Å². The molecule has 0 spiro atoms. The van der Waals surface area contributed by atoms with Gasteiger partial charge in [-0.2, -0.15) is 0 Å². The van der Waals surface area contributed by atoms with Crippen molar-refractivity contribution in [3.05, 3.63) is 0 Å². The topological polar surface area (TPSA) is 58.6 Å². The van der Waals surface area contributed by atoms with Crippen molar-refractivity contribution in [3.63, 3.8) is 0 Å². The Morgan fingerprint density at radius 3 is 2.61 bits per heavy atom. The van der Waals surface area contributed by atoms with Crippen LogP contribution >= 0.6 is 0 Å². The van der Waals surface area contributed by atoms with Crippen molar-refractivity contribution in [1.29, 1.82) is 0 Å². The molecular formula is C13H24N2O3. The van der Waals surface area contributed by atoms with Crippen molar-refractivity contribution < 1.29 is 14.3 Å². The second-order valence-electron chi connectivity index (χ2n) is 4.79. The van der Waals surface area contributed by atoms with E-state index in [4.69, 9.17) is 4.74 Å². The molecule has 1 saturated heterocycles. The summed E-state index contributed by atoms with van der Waals surface area (Å²) >= 11 is 0. The highest BCUT2D eigenvalue weighted by Gasteiger charge is 2.40. The number of amides is 2. The highest BCUT2D eigenvalue weighted by Crippen LogP contribution is 2.17. The van der Waals surface area contributed by atoms with Crippen molar-refractivity contribution in [3.8, 4) is 0 Å². The number of rotatable bonds is 7. The number of nitrogens with one attached hydrogen (secondary N) is 1. The molecule has 18 heavy (non-hydrogen) atoms. The molecule has 1 rings (SSSR count). The molecule has 1 N–H and O–H groups in total. The molecule has 0 aromatic heterocycles. The Morgan fingerprint density at radius 1 is 1.39 bits per heavy atom. The lowest BCUT2D eigenvalue weighted by Gasteiger charge is -2.22. The van der Waals surface area contributed by atoms with Gasteiger partial charge >= 0.3 is 0 Å². The Kier molecular flexibility index (Phi) is 5.75. The van der Waals surface area contributed by atoms with Gasteiger partial charge in [0.15, 0.2) is 0 Å². The van der Waals surface area contributed by atoms with E-state index < -0.39 is 0 Å². The number of ether oxygens (including phenoxy) is 1. The number of hydrogen-bond acceptors (Lipinski definition) is 4. The van der Waals surface area contributed by atoms with E-state index in [1.807, 2.05) is 27.7 Å². The number of likely N-dealkylation sites (tertiary alicyclic amines) is 1. The molecule has 3 unspecified atom stereocenters. The fourth-order valence-electron chi connectivity index (χ4n) is 2.11. The lowest BCUT2D eigenvalue weighted by Crippen LogP contribution is -2.44. The van der Waals surface area contributed by atoms with E-state index in [-0.39, 0.29) is 36.4 Å². The van der Waals surface area contributed by atoms with Crippen LogP contribution in [-0.2, 0) is 14.3 Å². The van der Waals surface area contributed by atoms with E-state index in [9.17, 15) is 9.59 Å². The lowest BCUT2D eigenvalue weighted by atomic mass is 10.2. The van der Waals surface area contributed by atoms with Crippen molar-refractivity contribution in [2.24, 2.45) is 0 Å². The average Bonchev–Trinajstić information content (AvgIpc) is 2.61. The summed E-state index contributed by atoms with van der Waals surface area (Å²) in [7, 11) is 0. The van der Waals surface area contributed by atoms with Crippen LogP contribution in [0.15, 0.2) is 0 Å². The smallest absolute Gasteiger partial charge is 0.247 e. The molecule has 1 aliphatic rings. The largest absolute Gasteiger partial charge is 0.377 e. The van der Waals surface area contributed by atoms with E-state index in [1.54, 1.807) is 0 Å². The zero-order valence-electron chi connectivity index (χ0n) is 11.7. The monoisotopic (exact) mass is 256 g/mol. The SMILES string of the molecule is CCOC(C)CNC1CC(=O)N(C(C)CC)C1=O. The van der Waals surface area contributed by atoms with Gasteiger partial charge in [-0.15, -0.1) is 0 Å². The zero-order chi connectivity index (χ0) is 13.7. The second-order valence-corrected chi connectivity index (χ2v) is 4.79. The Hall–Kier alpha value is -0.940. The first kappa shape index (κ1) is 15.1. The maximum atomic E-state index is 12.1. The van der Waals surface area contributed by atoms with Gasteiger partial charge in [-0.1, -0.05) is 6.92 Å². The summed E-state index contributed by atoms with van der Waals surface area (Å²) in [4.78, 5) is 25.3. The molecule has 1 heterocycles. The summed E-state index contributed by atoms with van der Waals surface area (Å²) in [6.07, 6.45) is 1.11. The van der Waals surface area contributed by atoms with E-state index in [2.05, 4.69) is 5.32 Å². The van der Waals surface area contributed by atoms with Gasteiger partial charge < -0.3 is 10.1 Å². The maximum absolute atomic E-state index is 12.1. The van der Waals surface area contributed by atoms with Gasteiger partial charge in [0.05, 0.1) is 18.6 Å². The van der Waals surface area contributed by atoms with E-state index in [1.165, 1.54) is 4.90 Å². The summed E-state index contributed by atoms with van der Waals surface area (Å²) < 4.78 is 5.39. The Morgan fingerprint density at radius 2 is 2.06 bits per heavy atom. The standard InChI is InChI=1S/C13H24N2O3/c1-5-9(3)15-12(16)7-11(13(15)17)14-8-10(4)18-6-2/h9-11,14H,5-8H2,1-4H3. The highest BCUT2D eigenvalue weighted by atomic mass is 16.5. The number of imide groups is 1. The molecule has 5 heteroatoms. The van der Waals surface area contributed by atoms with Crippen LogP contribution in [-0.4, -0.2) is 48.1 Å². The molecule has 2 amide bonds. The lowest BCUT2D eigenvalue weighted by molar-refractivity contribution is -0.141. The van der Waals surface area contributed by atoms with Crippen LogP contribution < -0.4 is 5.32 Å². The molecular weight excluding hydrogens is 232 g/mol. The molecule has 0 radical (unpaired) electrons. The molecule has 0 aromatic carbocycles. The third-order valence-electron chi connectivity index (χ3n) is 3.32. The fourth-order valence-corrected chi connectivity index (χ4v) is 2.11. The van der Waals surface area contributed by atoms with Crippen LogP contribution in [0.1, 0.15) is 40.5 Å². The van der Waals surface area contributed by atoms with E-state index in [0.717, 1.165) is 6.42 Å². The molecule has 0 bridgehead atoms. The van der Waals surface area contributed by atoms with Crippen LogP contribution in [0.4, 0.5) is 0 Å². The van der Waals surface area contributed by atoms with Gasteiger partial charge in [0.2, 0.25) is 11.8 Å².